The number of hydrogen-bond acceptors (Lipinski definition) is 5. The maximum absolute atomic E-state index is 12.9. The van der Waals surface area contributed by atoms with Gasteiger partial charge in [0.05, 0.1) is 10.9 Å². The van der Waals surface area contributed by atoms with E-state index in [-0.39, 0.29) is 11.9 Å². The molecule has 0 bridgehead atoms. The van der Waals surface area contributed by atoms with Crippen molar-refractivity contribution in [3.05, 3.63) is 29.8 Å². The number of amides is 3. The van der Waals surface area contributed by atoms with Gasteiger partial charge >= 0.3 is 6.03 Å². The van der Waals surface area contributed by atoms with E-state index >= 15 is 0 Å². The van der Waals surface area contributed by atoms with Gasteiger partial charge in [-0.15, -0.1) is 0 Å². The van der Waals surface area contributed by atoms with Crippen molar-refractivity contribution >= 4 is 22.0 Å². The summed E-state index contributed by atoms with van der Waals surface area (Å²) in [5, 5.41) is 2.62. The second-order valence-electron chi connectivity index (χ2n) is 7.56. The molecule has 0 saturated carbocycles. The molecule has 8 nitrogen and oxygen atoms in total. The summed E-state index contributed by atoms with van der Waals surface area (Å²) in [6.45, 7) is 8.28. The molecule has 2 aliphatic heterocycles. The van der Waals surface area contributed by atoms with Crippen LogP contribution in [0.2, 0.25) is 0 Å². The Morgan fingerprint density at radius 3 is 2.11 bits per heavy atom. The molecule has 0 spiro atoms. The summed E-state index contributed by atoms with van der Waals surface area (Å²) < 4.78 is 27.3. The van der Waals surface area contributed by atoms with Crippen molar-refractivity contribution in [2.75, 3.05) is 39.3 Å². The molecule has 2 aliphatic rings. The van der Waals surface area contributed by atoms with Crippen molar-refractivity contribution in [2.24, 2.45) is 0 Å². The van der Waals surface area contributed by atoms with Gasteiger partial charge in [0.15, 0.2) is 0 Å². The Hall–Kier alpha value is -1.97. The lowest BCUT2D eigenvalue weighted by molar-refractivity contribution is -0.133. The molecular formula is C19H28N4O4S. The monoisotopic (exact) mass is 408 g/mol. The lowest BCUT2D eigenvalue weighted by atomic mass is 10.0. The summed E-state index contributed by atoms with van der Waals surface area (Å²) in [6, 6.07) is 6.22. The minimum absolute atomic E-state index is 0.240. The third-order valence-corrected chi connectivity index (χ3v) is 7.40. The molecule has 1 atom stereocenters. The van der Waals surface area contributed by atoms with Crippen LogP contribution in [0.25, 0.3) is 0 Å². The van der Waals surface area contributed by atoms with E-state index in [1.54, 1.807) is 19.1 Å². The number of rotatable bonds is 5. The van der Waals surface area contributed by atoms with Crippen molar-refractivity contribution in [3.8, 4) is 0 Å². The number of sulfonamides is 1. The molecular weight excluding hydrogens is 380 g/mol. The van der Waals surface area contributed by atoms with E-state index < -0.39 is 16.1 Å². The molecule has 9 heteroatoms. The molecule has 28 heavy (non-hydrogen) atoms. The van der Waals surface area contributed by atoms with Gasteiger partial charge in [-0.2, -0.15) is 4.31 Å². The Kier molecular flexibility index (Phi) is 6.07. The zero-order valence-electron chi connectivity index (χ0n) is 16.6. The van der Waals surface area contributed by atoms with Crippen molar-refractivity contribution in [3.63, 3.8) is 0 Å². The molecule has 1 aromatic carbocycles. The molecule has 2 heterocycles. The second kappa shape index (κ2) is 8.18. The third-order valence-electron chi connectivity index (χ3n) is 5.49. The molecule has 0 radical (unpaired) electrons. The first-order valence-corrected chi connectivity index (χ1v) is 11.1. The van der Waals surface area contributed by atoms with Gasteiger partial charge in [0, 0.05) is 39.3 Å². The van der Waals surface area contributed by atoms with Crippen LogP contribution in [0.4, 0.5) is 4.79 Å². The Morgan fingerprint density at radius 1 is 1.00 bits per heavy atom. The number of carbonyl (C=O) groups is 2. The minimum Gasteiger partial charge on any atom is -0.336 e. The topological polar surface area (TPSA) is 90.0 Å². The average Bonchev–Trinajstić information content (AvgIpc) is 3.13. The lowest BCUT2D eigenvalue weighted by Crippen LogP contribution is -2.55. The summed E-state index contributed by atoms with van der Waals surface area (Å²) in [4.78, 5) is 27.7. The highest BCUT2D eigenvalue weighted by atomic mass is 32.2. The highest BCUT2D eigenvalue weighted by Crippen LogP contribution is 2.22. The Morgan fingerprint density at radius 2 is 1.61 bits per heavy atom. The highest BCUT2D eigenvalue weighted by Gasteiger charge is 2.35. The maximum Gasteiger partial charge on any atom is 0.324 e. The third kappa shape index (κ3) is 4.06. The van der Waals surface area contributed by atoms with Crippen molar-refractivity contribution in [1.29, 1.82) is 0 Å². The van der Waals surface area contributed by atoms with E-state index in [4.69, 9.17) is 0 Å². The van der Waals surface area contributed by atoms with Gasteiger partial charge in [-0.3, -0.25) is 14.6 Å². The quantitative estimate of drug-likeness (QED) is 0.787. The summed E-state index contributed by atoms with van der Waals surface area (Å²) in [7, 11) is -3.55. The zero-order valence-corrected chi connectivity index (χ0v) is 17.4. The molecule has 0 aromatic heterocycles. The van der Waals surface area contributed by atoms with E-state index in [2.05, 4.69) is 19.2 Å². The molecule has 3 rings (SSSR count). The number of imide groups is 1. The maximum atomic E-state index is 12.9. The van der Waals surface area contributed by atoms with E-state index in [9.17, 15) is 18.0 Å². The first kappa shape index (κ1) is 20.8. The first-order chi connectivity index (χ1) is 13.2. The van der Waals surface area contributed by atoms with Gasteiger partial charge in [0.2, 0.25) is 15.9 Å². The first-order valence-electron chi connectivity index (χ1n) is 9.65. The van der Waals surface area contributed by atoms with Gasteiger partial charge in [0.25, 0.3) is 0 Å². The van der Waals surface area contributed by atoms with Gasteiger partial charge < -0.3 is 5.32 Å². The van der Waals surface area contributed by atoms with Crippen LogP contribution in [-0.2, 0) is 14.8 Å². The summed E-state index contributed by atoms with van der Waals surface area (Å²) in [6.07, 6.45) is 0. The van der Waals surface area contributed by atoms with Crippen LogP contribution in [0.15, 0.2) is 29.2 Å². The molecule has 0 unspecified atom stereocenters. The van der Waals surface area contributed by atoms with Gasteiger partial charge in [0.1, 0.15) is 0 Å². The number of carbonyl (C=O) groups excluding carboxylic acids is 2. The van der Waals surface area contributed by atoms with Crippen molar-refractivity contribution < 1.29 is 18.0 Å². The number of nitrogens with one attached hydrogen (secondary N) is 1. The van der Waals surface area contributed by atoms with E-state index in [1.807, 2.05) is 17.0 Å². The van der Waals surface area contributed by atoms with E-state index in [0.29, 0.717) is 50.1 Å². The van der Waals surface area contributed by atoms with Gasteiger partial charge in [-0.05, 0) is 30.5 Å². The molecule has 1 aromatic rings. The Labute approximate surface area is 166 Å². The number of benzene rings is 1. The normalized spacial score (nSPS) is 20.4. The molecule has 2 fully saturated rings. The van der Waals surface area contributed by atoms with Gasteiger partial charge in [-0.1, -0.05) is 26.0 Å². The number of urea groups is 1. The minimum atomic E-state index is -3.55. The van der Waals surface area contributed by atoms with Crippen LogP contribution in [0.1, 0.15) is 32.3 Å². The fourth-order valence-electron chi connectivity index (χ4n) is 3.57. The Bertz CT molecular complexity index is 830. The molecule has 2 saturated heterocycles. The average molecular weight is 409 g/mol. The number of piperazine rings is 1. The molecule has 1 N–H and O–H groups in total. The zero-order chi connectivity index (χ0) is 20.5. The highest BCUT2D eigenvalue weighted by molar-refractivity contribution is 7.89. The number of hydrogen-bond donors (Lipinski definition) is 1. The molecule has 154 valence electrons. The smallest absolute Gasteiger partial charge is 0.324 e. The van der Waals surface area contributed by atoms with Gasteiger partial charge in [-0.25, -0.2) is 13.2 Å². The van der Waals surface area contributed by atoms with E-state index in [1.165, 1.54) is 9.21 Å². The van der Waals surface area contributed by atoms with Crippen LogP contribution < -0.4 is 5.32 Å². The largest absolute Gasteiger partial charge is 0.336 e. The SMILES string of the molecule is CC(C)c1ccc(S(=O)(=O)N2CCN([C@H](C)C(=O)N3CCNC3=O)CC2)cc1. The summed E-state index contributed by atoms with van der Waals surface area (Å²) in [5.74, 6) is 0.104. The predicted octanol–water partition coefficient (Wildman–Crippen LogP) is 1.06. The van der Waals surface area contributed by atoms with Crippen molar-refractivity contribution in [2.45, 2.75) is 37.6 Å². The Balaban J connectivity index is 1.62. The standard InChI is InChI=1S/C19H28N4O4S/c1-14(2)16-4-6-17(7-5-16)28(26,27)22-12-10-21(11-13-22)15(3)18(24)23-9-8-20-19(23)25/h4-7,14-15H,8-13H2,1-3H3,(H,20,25)/t15-/m1/s1. The lowest BCUT2D eigenvalue weighted by Gasteiger charge is -2.37. The van der Waals surface area contributed by atoms with Crippen LogP contribution in [-0.4, -0.2) is 79.8 Å². The molecule has 3 amide bonds. The molecule has 0 aliphatic carbocycles. The van der Waals surface area contributed by atoms with Crippen LogP contribution in [0.5, 0.6) is 0 Å². The second-order valence-corrected chi connectivity index (χ2v) is 9.50. The van der Waals surface area contributed by atoms with E-state index in [0.717, 1.165) is 5.56 Å². The van der Waals surface area contributed by atoms with Crippen LogP contribution in [0, 0.1) is 0 Å². The summed E-state index contributed by atoms with van der Waals surface area (Å²) >= 11 is 0. The predicted molar refractivity (Wildman–Crippen MR) is 105 cm³/mol. The fraction of sp³-hybridized carbons (Fsp3) is 0.579. The van der Waals surface area contributed by atoms with Crippen LogP contribution in [0.3, 0.4) is 0 Å². The number of nitrogens with zero attached hydrogens (tertiary/aromatic N) is 3. The fourth-order valence-corrected chi connectivity index (χ4v) is 4.99. The van der Waals surface area contributed by atoms with Crippen LogP contribution >= 0.6 is 0 Å². The van der Waals surface area contributed by atoms with Crippen molar-refractivity contribution in [1.82, 2.24) is 19.4 Å². The summed E-state index contributed by atoms with van der Waals surface area (Å²) in [5.41, 5.74) is 1.10.